The summed E-state index contributed by atoms with van der Waals surface area (Å²) in [6, 6.07) is 17.0. The molecule has 3 aromatic rings. The molecule has 6 nitrogen and oxygen atoms in total. The molecule has 1 heterocycles. The Bertz CT molecular complexity index is 1060. The van der Waals surface area contributed by atoms with Crippen molar-refractivity contribution >= 4 is 44.8 Å². The molecular weight excluding hydrogens is 410 g/mol. The monoisotopic (exact) mass is 423 g/mol. The Labute approximate surface area is 165 Å². The van der Waals surface area contributed by atoms with Gasteiger partial charge in [0.1, 0.15) is 5.69 Å². The molecule has 0 bridgehead atoms. The summed E-state index contributed by atoms with van der Waals surface area (Å²) in [4.78, 5) is 11.7. The van der Waals surface area contributed by atoms with E-state index in [9.17, 15) is 13.2 Å². The van der Waals surface area contributed by atoms with E-state index < -0.39 is 16.2 Å². The molecule has 0 aliphatic carbocycles. The molecule has 9 heteroatoms. The van der Waals surface area contributed by atoms with Crippen LogP contribution in [0, 0.1) is 0 Å². The first-order valence-electron chi connectivity index (χ1n) is 7.67. The van der Waals surface area contributed by atoms with Gasteiger partial charge in [-0.1, -0.05) is 59.9 Å². The smallest absolute Gasteiger partial charge is 0.449 e. The van der Waals surface area contributed by atoms with Gasteiger partial charge < -0.3 is 9.84 Å². The highest BCUT2D eigenvalue weighted by Gasteiger charge is 2.23. The Morgan fingerprint density at radius 1 is 1.11 bits per heavy atom. The lowest BCUT2D eigenvalue weighted by Crippen LogP contribution is -2.15. The molecule has 0 aliphatic heterocycles. The van der Waals surface area contributed by atoms with E-state index >= 15 is 0 Å². The summed E-state index contributed by atoms with van der Waals surface area (Å²) in [7, 11) is -3.98. The molecule has 27 heavy (non-hydrogen) atoms. The summed E-state index contributed by atoms with van der Waals surface area (Å²) in [5, 5.41) is 8.90. The number of rotatable bonds is 6. The lowest BCUT2D eigenvalue weighted by atomic mass is 10.2. The summed E-state index contributed by atoms with van der Waals surface area (Å²) in [6.45, 7) is 0. The van der Waals surface area contributed by atoms with Crippen molar-refractivity contribution in [2.75, 3.05) is 4.72 Å². The number of alkyl halides is 1. The normalized spacial score (nSPS) is 11.1. The number of thiophene rings is 1. The van der Waals surface area contributed by atoms with Gasteiger partial charge in [-0.15, -0.1) is 11.6 Å². The first-order chi connectivity index (χ1) is 12.9. The third kappa shape index (κ3) is 4.41. The van der Waals surface area contributed by atoms with Crippen molar-refractivity contribution in [1.82, 2.24) is 0 Å². The minimum absolute atomic E-state index is 0.0220. The highest BCUT2D eigenvalue weighted by Crippen LogP contribution is 2.42. The fourth-order valence-corrected chi connectivity index (χ4v) is 5.06. The molecule has 0 aliphatic rings. The molecule has 0 fully saturated rings. The lowest BCUT2D eigenvalue weighted by molar-refractivity contribution is 0.146. The van der Waals surface area contributed by atoms with Crippen LogP contribution in [-0.2, 0) is 15.9 Å². The number of ether oxygens (including phenoxy) is 1. The average Bonchev–Trinajstić information content (AvgIpc) is 3.03. The second-order valence-corrected chi connectivity index (χ2v) is 8.33. The summed E-state index contributed by atoms with van der Waals surface area (Å²) >= 11 is 6.86. The molecule has 0 atom stereocenters. The Morgan fingerprint density at radius 2 is 1.78 bits per heavy atom. The average molecular weight is 424 g/mol. The zero-order chi connectivity index (χ0) is 19.4. The minimum atomic E-state index is -3.98. The third-order valence-electron chi connectivity index (χ3n) is 3.59. The van der Waals surface area contributed by atoms with Crippen molar-refractivity contribution < 1.29 is 23.1 Å². The van der Waals surface area contributed by atoms with Gasteiger partial charge in [0.05, 0.1) is 4.90 Å². The number of halogens is 1. The van der Waals surface area contributed by atoms with E-state index in [2.05, 4.69) is 4.72 Å². The second-order valence-electron chi connectivity index (χ2n) is 5.39. The largest absolute Gasteiger partial charge is 0.512 e. The van der Waals surface area contributed by atoms with Crippen LogP contribution in [-0.4, -0.2) is 19.7 Å². The van der Waals surface area contributed by atoms with Crippen molar-refractivity contribution in [3.05, 3.63) is 66.2 Å². The van der Waals surface area contributed by atoms with Crippen molar-refractivity contribution in [1.29, 1.82) is 0 Å². The second kappa shape index (κ2) is 7.99. The van der Waals surface area contributed by atoms with Gasteiger partial charge >= 0.3 is 6.16 Å². The van der Waals surface area contributed by atoms with Crippen LogP contribution in [0.3, 0.4) is 0 Å². The molecule has 0 radical (unpaired) electrons. The molecule has 0 unspecified atom stereocenters. The molecule has 0 saturated carbocycles. The Kier molecular flexibility index (Phi) is 5.69. The maximum absolute atomic E-state index is 12.8. The number of hydrogen-bond donors (Lipinski definition) is 2. The Hall–Kier alpha value is -2.55. The van der Waals surface area contributed by atoms with E-state index in [0.717, 1.165) is 16.9 Å². The van der Waals surface area contributed by atoms with Crippen LogP contribution in [0.4, 0.5) is 10.5 Å². The molecule has 2 aromatic carbocycles. The summed E-state index contributed by atoms with van der Waals surface area (Å²) < 4.78 is 32.8. The van der Waals surface area contributed by atoms with Gasteiger partial charge in [0.25, 0.3) is 10.0 Å². The molecule has 0 saturated heterocycles. The van der Waals surface area contributed by atoms with E-state index in [-0.39, 0.29) is 21.5 Å². The molecule has 2 N–H and O–H groups in total. The summed E-state index contributed by atoms with van der Waals surface area (Å²) in [6.07, 6.45) is -1.53. The summed E-state index contributed by atoms with van der Waals surface area (Å²) in [5.74, 6) is 0.0223. The molecule has 3 rings (SSSR count). The van der Waals surface area contributed by atoms with E-state index in [1.165, 1.54) is 6.07 Å². The predicted molar refractivity (Wildman–Crippen MR) is 105 cm³/mol. The van der Waals surface area contributed by atoms with Crippen LogP contribution in [0.2, 0.25) is 0 Å². The van der Waals surface area contributed by atoms with Crippen LogP contribution < -0.4 is 9.46 Å². The SMILES string of the molecule is O=C(O)Oc1sc(-c2ccccc2)cc1NS(=O)(=O)c1ccccc1CCl. The van der Waals surface area contributed by atoms with Gasteiger partial charge in [0, 0.05) is 10.8 Å². The topological polar surface area (TPSA) is 92.7 Å². The zero-order valence-electron chi connectivity index (χ0n) is 13.8. The van der Waals surface area contributed by atoms with Gasteiger partial charge in [0.15, 0.2) is 0 Å². The van der Waals surface area contributed by atoms with Crippen LogP contribution in [0.5, 0.6) is 5.06 Å². The first kappa shape index (κ1) is 19.2. The molecular formula is C18H14ClNO5S2. The van der Waals surface area contributed by atoms with Crippen LogP contribution in [0.25, 0.3) is 10.4 Å². The van der Waals surface area contributed by atoms with E-state index in [4.69, 9.17) is 21.4 Å². The van der Waals surface area contributed by atoms with Crippen LogP contribution in [0.1, 0.15) is 5.56 Å². The molecule has 140 valence electrons. The van der Waals surface area contributed by atoms with Gasteiger partial charge in [0.2, 0.25) is 5.06 Å². The fourth-order valence-electron chi connectivity index (χ4n) is 2.42. The Balaban J connectivity index is 2.02. The number of carboxylic acid groups (broad SMARTS) is 1. The third-order valence-corrected chi connectivity index (χ3v) is 6.40. The van der Waals surface area contributed by atoms with Crippen molar-refractivity contribution in [2.24, 2.45) is 0 Å². The van der Waals surface area contributed by atoms with E-state index in [1.54, 1.807) is 24.3 Å². The predicted octanol–water partition coefficient (Wildman–Crippen LogP) is 5.01. The number of sulfonamides is 1. The first-order valence-corrected chi connectivity index (χ1v) is 10.5. The van der Waals surface area contributed by atoms with E-state index in [1.807, 2.05) is 30.3 Å². The maximum Gasteiger partial charge on any atom is 0.512 e. The Morgan fingerprint density at radius 3 is 2.44 bits per heavy atom. The standard InChI is InChI=1S/C18H14ClNO5S2/c19-11-13-8-4-5-9-16(13)27(23,24)20-14-10-15(12-6-2-1-3-7-12)26-17(14)25-18(21)22/h1-10,20H,11H2,(H,21,22). The highest BCUT2D eigenvalue weighted by atomic mass is 35.5. The molecule has 0 spiro atoms. The maximum atomic E-state index is 12.8. The van der Waals surface area contributed by atoms with Crippen molar-refractivity contribution in [3.8, 4) is 15.5 Å². The zero-order valence-corrected chi connectivity index (χ0v) is 16.1. The number of nitrogens with one attached hydrogen (secondary N) is 1. The van der Waals surface area contributed by atoms with Crippen LogP contribution in [0.15, 0.2) is 65.6 Å². The van der Waals surface area contributed by atoms with Crippen LogP contribution >= 0.6 is 22.9 Å². The number of benzene rings is 2. The fraction of sp³-hybridized carbons (Fsp3) is 0.0556. The number of anilines is 1. The molecule has 0 amide bonds. The van der Waals surface area contributed by atoms with Gasteiger partial charge in [-0.05, 0) is 23.3 Å². The number of carbonyl (C=O) groups is 1. The van der Waals surface area contributed by atoms with Crippen molar-refractivity contribution in [3.63, 3.8) is 0 Å². The quantitative estimate of drug-likeness (QED) is 0.429. The lowest BCUT2D eigenvalue weighted by Gasteiger charge is -2.10. The minimum Gasteiger partial charge on any atom is -0.449 e. The molecule has 1 aromatic heterocycles. The van der Waals surface area contributed by atoms with Crippen molar-refractivity contribution in [2.45, 2.75) is 10.8 Å². The highest BCUT2D eigenvalue weighted by molar-refractivity contribution is 7.92. The van der Waals surface area contributed by atoms with Gasteiger partial charge in [-0.2, -0.15) is 0 Å². The van der Waals surface area contributed by atoms with Gasteiger partial charge in [-0.25, -0.2) is 13.2 Å². The summed E-state index contributed by atoms with van der Waals surface area (Å²) in [5.41, 5.74) is 1.29. The number of hydrogen-bond acceptors (Lipinski definition) is 5. The van der Waals surface area contributed by atoms with Gasteiger partial charge in [-0.3, -0.25) is 4.72 Å². The van der Waals surface area contributed by atoms with E-state index in [0.29, 0.717) is 10.4 Å².